The molecule has 0 aliphatic carbocycles. The molecule has 4 nitrogen and oxygen atoms in total. The van der Waals surface area contributed by atoms with Gasteiger partial charge in [0.05, 0.1) is 7.11 Å². The van der Waals surface area contributed by atoms with Gasteiger partial charge in [0.25, 0.3) is 0 Å². The highest BCUT2D eigenvalue weighted by Gasteiger charge is 2.32. The monoisotopic (exact) mass is 291 g/mol. The van der Waals surface area contributed by atoms with E-state index in [1.54, 1.807) is 7.11 Å². The Morgan fingerprint density at radius 1 is 1.19 bits per heavy atom. The number of ether oxygens (including phenoxy) is 1. The number of nitrogens with two attached hydrogens (primary N) is 1. The Kier molecular flexibility index (Phi) is 5.62. The number of nitrogens with zero attached hydrogens (tertiary/aromatic N) is 2. The third kappa shape index (κ3) is 3.96. The summed E-state index contributed by atoms with van der Waals surface area (Å²) < 4.78 is 5.50. The minimum atomic E-state index is -0.0141. The molecular formula is C17H29N3O. The van der Waals surface area contributed by atoms with Crippen LogP contribution in [0.1, 0.15) is 18.9 Å². The van der Waals surface area contributed by atoms with E-state index in [9.17, 15) is 0 Å². The maximum Gasteiger partial charge on any atom is 0.122 e. The molecule has 0 saturated carbocycles. The van der Waals surface area contributed by atoms with Gasteiger partial charge in [0.15, 0.2) is 0 Å². The molecule has 1 aliphatic rings. The molecule has 1 aromatic carbocycles. The van der Waals surface area contributed by atoms with Gasteiger partial charge < -0.3 is 15.4 Å². The third-order valence-electron chi connectivity index (χ3n) is 4.69. The predicted molar refractivity (Wildman–Crippen MR) is 87.8 cm³/mol. The lowest BCUT2D eigenvalue weighted by Gasteiger charge is -2.40. The van der Waals surface area contributed by atoms with E-state index < -0.39 is 0 Å². The summed E-state index contributed by atoms with van der Waals surface area (Å²) in [5, 5.41) is 0. The lowest BCUT2D eigenvalue weighted by atomic mass is 9.90. The third-order valence-corrected chi connectivity index (χ3v) is 4.69. The zero-order chi connectivity index (χ0) is 15.3. The van der Waals surface area contributed by atoms with Crippen LogP contribution < -0.4 is 10.5 Å². The summed E-state index contributed by atoms with van der Waals surface area (Å²) in [6.45, 7) is 7.43. The number of methoxy groups -OCH3 is 1. The highest BCUT2D eigenvalue weighted by molar-refractivity contribution is 5.34. The fraction of sp³-hybridized carbons (Fsp3) is 0.647. The van der Waals surface area contributed by atoms with Gasteiger partial charge >= 0.3 is 0 Å². The zero-order valence-electron chi connectivity index (χ0n) is 13.6. The Bertz CT molecular complexity index is 451. The van der Waals surface area contributed by atoms with Gasteiger partial charge in [-0.25, -0.2) is 0 Å². The maximum absolute atomic E-state index is 6.17. The van der Waals surface area contributed by atoms with Gasteiger partial charge in [0.2, 0.25) is 0 Å². The van der Waals surface area contributed by atoms with E-state index >= 15 is 0 Å². The molecule has 2 N–H and O–H groups in total. The molecule has 2 rings (SSSR count). The van der Waals surface area contributed by atoms with E-state index in [0.717, 1.165) is 31.8 Å². The van der Waals surface area contributed by atoms with Crippen LogP contribution in [-0.2, 0) is 6.42 Å². The van der Waals surface area contributed by atoms with E-state index in [2.05, 4.69) is 35.9 Å². The number of para-hydroxylation sites is 1. The van der Waals surface area contributed by atoms with Gasteiger partial charge in [0, 0.05) is 31.7 Å². The first kappa shape index (κ1) is 16.3. The van der Waals surface area contributed by atoms with Crippen molar-refractivity contribution in [3.05, 3.63) is 29.8 Å². The van der Waals surface area contributed by atoms with E-state index in [-0.39, 0.29) is 5.54 Å². The van der Waals surface area contributed by atoms with Crippen molar-refractivity contribution < 1.29 is 4.74 Å². The predicted octanol–water partition coefficient (Wildman–Crippen LogP) is 1.59. The van der Waals surface area contributed by atoms with Gasteiger partial charge in [0.1, 0.15) is 5.75 Å². The van der Waals surface area contributed by atoms with Crippen molar-refractivity contribution in [1.29, 1.82) is 0 Å². The number of benzene rings is 1. The fourth-order valence-electron chi connectivity index (χ4n) is 3.16. The van der Waals surface area contributed by atoms with E-state index in [1.807, 2.05) is 12.1 Å². The van der Waals surface area contributed by atoms with Crippen LogP contribution in [0.25, 0.3) is 0 Å². The average Bonchev–Trinajstić information content (AvgIpc) is 2.73. The van der Waals surface area contributed by atoms with Crippen LogP contribution in [0.2, 0.25) is 0 Å². The van der Waals surface area contributed by atoms with Crippen molar-refractivity contribution in [1.82, 2.24) is 9.80 Å². The Labute approximate surface area is 128 Å². The van der Waals surface area contributed by atoms with Crippen molar-refractivity contribution in [3.8, 4) is 5.75 Å². The van der Waals surface area contributed by atoms with Crippen molar-refractivity contribution in [2.75, 3.05) is 46.9 Å². The Morgan fingerprint density at radius 2 is 1.95 bits per heavy atom. The molecule has 0 bridgehead atoms. The molecule has 118 valence electrons. The summed E-state index contributed by atoms with van der Waals surface area (Å²) in [5.41, 5.74) is 7.39. The summed E-state index contributed by atoms with van der Waals surface area (Å²) in [6.07, 6.45) is 2.13. The number of rotatable bonds is 5. The fourth-order valence-corrected chi connectivity index (χ4v) is 3.16. The Hall–Kier alpha value is -1.10. The van der Waals surface area contributed by atoms with Crippen molar-refractivity contribution in [2.45, 2.75) is 25.3 Å². The second-order valence-corrected chi connectivity index (χ2v) is 6.33. The van der Waals surface area contributed by atoms with Crippen LogP contribution in [0.3, 0.4) is 0 Å². The molecule has 0 spiro atoms. The van der Waals surface area contributed by atoms with Gasteiger partial charge in [-0.15, -0.1) is 0 Å². The molecule has 1 saturated heterocycles. The molecular weight excluding hydrogens is 262 g/mol. The Balaban J connectivity index is 2.16. The first-order chi connectivity index (χ1) is 10.1. The number of hydrogen-bond acceptors (Lipinski definition) is 4. The van der Waals surface area contributed by atoms with Gasteiger partial charge in [-0.1, -0.05) is 18.2 Å². The molecule has 1 unspecified atom stereocenters. The summed E-state index contributed by atoms with van der Waals surface area (Å²) in [6, 6.07) is 8.27. The first-order valence-corrected chi connectivity index (χ1v) is 7.84. The van der Waals surface area contributed by atoms with E-state index in [0.29, 0.717) is 6.54 Å². The number of hydrogen-bond donors (Lipinski definition) is 1. The molecule has 0 amide bonds. The SMILES string of the molecule is COc1ccccc1CC(C)(CN)N1CCCN(C)CC1. The quantitative estimate of drug-likeness (QED) is 0.894. The van der Waals surface area contributed by atoms with Crippen LogP contribution in [-0.4, -0.2) is 62.2 Å². The molecule has 1 atom stereocenters. The molecule has 1 heterocycles. The summed E-state index contributed by atoms with van der Waals surface area (Å²) in [4.78, 5) is 4.96. The average molecular weight is 291 g/mol. The van der Waals surface area contributed by atoms with Crippen molar-refractivity contribution in [3.63, 3.8) is 0 Å². The lowest BCUT2D eigenvalue weighted by Crippen LogP contribution is -2.54. The van der Waals surface area contributed by atoms with Crippen molar-refractivity contribution >= 4 is 0 Å². The van der Waals surface area contributed by atoms with Gasteiger partial charge in [-0.3, -0.25) is 4.90 Å². The highest BCUT2D eigenvalue weighted by Crippen LogP contribution is 2.27. The van der Waals surface area contributed by atoms with E-state index in [4.69, 9.17) is 10.5 Å². The summed E-state index contributed by atoms with van der Waals surface area (Å²) in [7, 11) is 3.93. The molecule has 0 aromatic heterocycles. The van der Waals surface area contributed by atoms with Crippen LogP contribution in [0.4, 0.5) is 0 Å². The summed E-state index contributed by atoms with van der Waals surface area (Å²) in [5.74, 6) is 0.962. The second-order valence-electron chi connectivity index (χ2n) is 6.33. The van der Waals surface area contributed by atoms with Crippen LogP contribution in [0.15, 0.2) is 24.3 Å². The normalized spacial score (nSPS) is 20.8. The standard InChI is InChI=1S/C17H29N3O/c1-17(14-18,20-10-6-9-19(2)11-12-20)13-15-7-4-5-8-16(15)21-3/h4-5,7-8H,6,9-14,18H2,1-3H3. The molecule has 1 fully saturated rings. The van der Waals surface area contributed by atoms with Gasteiger partial charge in [-0.05, 0) is 45.0 Å². The minimum absolute atomic E-state index is 0.0141. The van der Waals surface area contributed by atoms with Crippen LogP contribution >= 0.6 is 0 Å². The Morgan fingerprint density at radius 3 is 2.67 bits per heavy atom. The number of likely N-dealkylation sites (N-methyl/N-ethyl adjacent to an activating group) is 1. The van der Waals surface area contributed by atoms with Crippen molar-refractivity contribution in [2.24, 2.45) is 5.73 Å². The molecule has 1 aliphatic heterocycles. The smallest absolute Gasteiger partial charge is 0.122 e. The second kappa shape index (κ2) is 7.25. The summed E-state index contributed by atoms with van der Waals surface area (Å²) >= 11 is 0. The van der Waals surface area contributed by atoms with E-state index in [1.165, 1.54) is 18.5 Å². The minimum Gasteiger partial charge on any atom is -0.496 e. The molecule has 0 radical (unpaired) electrons. The molecule has 1 aromatic rings. The molecule has 4 heteroatoms. The first-order valence-electron chi connectivity index (χ1n) is 7.84. The van der Waals surface area contributed by atoms with Crippen LogP contribution in [0.5, 0.6) is 5.75 Å². The largest absolute Gasteiger partial charge is 0.496 e. The lowest BCUT2D eigenvalue weighted by molar-refractivity contribution is 0.114. The maximum atomic E-state index is 6.17. The highest BCUT2D eigenvalue weighted by atomic mass is 16.5. The zero-order valence-corrected chi connectivity index (χ0v) is 13.6. The topological polar surface area (TPSA) is 41.7 Å². The van der Waals surface area contributed by atoms with Gasteiger partial charge in [-0.2, -0.15) is 0 Å². The van der Waals surface area contributed by atoms with Crippen LogP contribution in [0, 0.1) is 0 Å². The molecule has 21 heavy (non-hydrogen) atoms.